The molecular formula is C18H27N3O. The molecule has 0 N–H and O–H groups in total. The number of aromatic nitrogens is 1. The minimum absolute atomic E-state index is 0.141. The molecule has 4 nitrogen and oxygen atoms in total. The summed E-state index contributed by atoms with van der Waals surface area (Å²) in [6, 6.07) is 4.21. The summed E-state index contributed by atoms with van der Waals surface area (Å²) in [5, 5.41) is 0. The summed E-state index contributed by atoms with van der Waals surface area (Å²) in [5.74, 6) is 1.02. The fourth-order valence-electron chi connectivity index (χ4n) is 3.75. The third kappa shape index (κ3) is 3.26. The van der Waals surface area contributed by atoms with Crippen molar-refractivity contribution < 1.29 is 4.79 Å². The molecule has 1 aromatic rings. The van der Waals surface area contributed by atoms with E-state index in [2.05, 4.69) is 9.88 Å². The van der Waals surface area contributed by atoms with Crippen LogP contribution >= 0.6 is 0 Å². The number of hydrogen-bond donors (Lipinski definition) is 0. The topological polar surface area (TPSA) is 36.4 Å². The van der Waals surface area contributed by atoms with Gasteiger partial charge < -0.3 is 9.80 Å². The summed E-state index contributed by atoms with van der Waals surface area (Å²) in [6.45, 7) is 2.04. The normalized spacial score (nSPS) is 20.0. The Labute approximate surface area is 133 Å². The quantitative estimate of drug-likeness (QED) is 0.802. The minimum atomic E-state index is 0.141. The second-order valence-corrected chi connectivity index (χ2v) is 6.63. The Morgan fingerprint density at radius 2 is 1.82 bits per heavy atom. The fourth-order valence-corrected chi connectivity index (χ4v) is 3.75. The molecule has 2 aliphatic rings. The maximum Gasteiger partial charge on any atom is 0.257 e. The highest BCUT2D eigenvalue weighted by Gasteiger charge is 2.26. The number of nitrogens with zero attached hydrogens (tertiary/aromatic N) is 3. The van der Waals surface area contributed by atoms with Crippen molar-refractivity contribution in [3.63, 3.8) is 0 Å². The van der Waals surface area contributed by atoms with Crippen molar-refractivity contribution in [1.29, 1.82) is 0 Å². The Kier molecular flexibility index (Phi) is 4.96. The van der Waals surface area contributed by atoms with Gasteiger partial charge in [-0.1, -0.05) is 25.7 Å². The smallest absolute Gasteiger partial charge is 0.257 e. The highest BCUT2D eigenvalue weighted by atomic mass is 16.2. The van der Waals surface area contributed by atoms with Crippen LogP contribution in [-0.2, 0) is 0 Å². The lowest BCUT2D eigenvalue weighted by Gasteiger charge is -2.29. The van der Waals surface area contributed by atoms with E-state index in [0.29, 0.717) is 6.04 Å². The van der Waals surface area contributed by atoms with Crippen molar-refractivity contribution in [2.75, 3.05) is 25.0 Å². The molecule has 1 aromatic heterocycles. The van der Waals surface area contributed by atoms with Crippen LogP contribution in [0.5, 0.6) is 0 Å². The number of carbonyl (C=O) groups is 1. The van der Waals surface area contributed by atoms with Gasteiger partial charge in [0.25, 0.3) is 5.91 Å². The van der Waals surface area contributed by atoms with E-state index >= 15 is 0 Å². The number of amides is 1. The van der Waals surface area contributed by atoms with Gasteiger partial charge >= 0.3 is 0 Å². The van der Waals surface area contributed by atoms with Crippen LogP contribution in [0.1, 0.15) is 61.7 Å². The summed E-state index contributed by atoms with van der Waals surface area (Å²) < 4.78 is 0. The molecule has 1 amide bonds. The molecule has 3 rings (SSSR count). The highest BCUT2D eigenvalue weighted by Crippen LogP contribution is 2.26. The Morgan fingerprint density at radius 1 is 1.14 bits per heavy atom. The molecule has 0 aromatic carbocycles. The lowest BCUT2D eigenvalue weighted by atomic mass is 10.1. The van der Waals surface area contributed by atoms with Gasteiger partial charge in [0.1, 0.15) is 5.82 Å². The maximum atomic E-state index is 13.0. The van der Waals surface area contributed by atoms with Gasteiger partial charge in [-0.2, -0.15) is 0 Å². The Morgan fingerprint density at radius 3 is 2.50 bits per heavy atom. The molecule has 0 bridgehead atoms. The number of rotatable bonds is 3. The largest absolute Gasteiger partial charge is 0.356 e. The number of pyridine rings is 1. The van der Waals surface area contributed by atoms with Crippen molar-refractivity contribution in [3.8, 4) is 0 Å². The van der Waals surface area contributed by atoms with Crippen LogP contribution < -0.4 is 4.90 Å². The molecule has 120 valence electrons. The predicted molar refractivity (Wildman–Crippen MR) is 89.3 cm³/mol. The van der Waals surface area contributed by atoms with Crippen molar-refractivity contribution in [1.82, 2.24) is 9.88 Å². The highest BCUT2D eigenvalue weighted by molar-refractivity contribution is 5.99. The first kappa shape index (κ1) is 15.3. The van der Waals surface area contributed by atoms with Gasteiger partial charge in [0.05, 0.1) is 5.56 Å². The lowest BCUT2D eigenvalue weighted by molar-refractivity contribution is 0.0718. The van der Waals surface area contributed by atoms with E-state index in [4.69, 9.17) is 0 Å². The van der Waals surface area contributed by atoms with E-state index in [9.17, 15) is 4.79 Å². The summed E-state index contributed by atoms with van der Waals surface area (Å²) in [4.78, 5) is 21.7. The van der Waals surface area contributed by atoms with Gasteiger partial charge in [-0.3, -0.25) is 4.79 Å². The van der Waals surface area contributed by atoms with E-state index in [1.807, 2.05) is 24.1 Å². The molecule has 0 radical (unpaired) electrons. The van der Waals surface area contributed by atoms with E-state index in [1.54, 1.807) is 6.20 Å². The average molecular weight is 301 g/mol. The third-order valence-corrected chi connectivity index (χ3v) is 5.12. The van der Waals surface area contributed by atoms with Crippen LogP contribution in [0.15, 0.2) is 18.3 Å². The second-order valence-electron chi connectivity index (χ2n) is 6.63. The average Bonchev–Trinajstić information content (AvgIpc) is 2.96. The summed E-state index contributed by atoms with van der Waals surface area (Å²) in [6.07, 6.45) is 11.6. The first-order chi connectivity index (χ1) is 10.8. The monoisotopic (exact) mass is 301 g/mol. The molecule has 1 saturated carbocycles. The van der Waals surface area contributed by atoms with E-state index in [0.717, 1.165) is 37.3 Å². The molecule has 2 fully saturated rings. The Hall–Kier alpha value is -1.58. The lowest BCUT2D eigenvalue weighted by Crippen LogP contribution is -2.37. The summed E-state index contributed by atoms with van der Waals surface area (Å²) >= 11 is 0. The Balaban J connectivity index is 1.78. The SMILES string of the molecule is CN(C(=O)c1cccnc1N1CCCC1)C1CCCCCC1. The molecular weight excluding hydrogens is 274 g/mol. The number of hydrogen-bond acceptors (Lipinski definition) is 3. The van der Waals surface area contributed by atoms with Gasteiger partial charge in [0, 0.05) is 32.4 Å². The van der Waals surface area contributed by atoms with Gasteiger partial charge in [-0.15, -0.1) is 0 Å². The summed E-state index contributed by atoms with van der Waals surface area (Å²) in [7, 11) is 1.97. The van der Waals surface area contributed by atoms with E-state index in [-0.39, 0.29) is 5.91 Å². The molecule has 2 heterocycles. The zero-order valence-electron chi connectivity index (χ0n) is 13.6. The first-order valence-electron chi connectivity index (χ1n) is 8.74. The van der Waals surface area contributed by atoms with Crippen LogP contribution in [0.4, 0.5) is 5.82 Å². The van der Waals surface area contributed by atoms with E-state index < -0.39 is 0 Å². The number of carbonyl (C=O) groups excluding carboxylic acids is 1. The van der Waals surface area contributed by atoms with Crippen LogP contribution in [-0.4, -0.2) is 42.0 Å². The summed E-state index contributed by atoms with van der Waals surface area (Å²) in [5.41, 5.74) is 0.774. The molecule has 0 unspecified atom stereocenters. The van der Waals surface area contributed by atoms with Crippen molar-refractivity contribution >= 4 is 11.7 Å². The predicted octanol–water partition coefficient (Wildman–Crippen LogP) is 3.48. The molecule has 1 aliphatic carbocycles. The van der Waals surface area contributed by atoms with Crippen LogP contribution in [0.25, 0.3) is 0 Å². The van der Waals surface area contributed by atoms with Crippen molar-refractivity contribution in [2.45, 2.75) is 57.4 Å². The Bertz CT molecular complexity index is 503. The molecule has 0 atom stereocenters. The van der Waals surface area contributed by atoms with Gasteiger partial charge in [0.15, 0.2) is 0 Å². The van der Waals surface area contributed by atoms with Crippen LogP contribution in [0, 0.1) is 0 Å². The van der Waals surface area contributed by atoms with Gasteiger partial charge in [-0.25, -0.2) is 4.98 Å². The van der Waals surface area contributed by atoms with Crippen molar-refractivity contribution in [2.24, 2.45) is 0 Å². The second kappa shape index (κ2) is 7.12. The maximum absolute atomic E-state index is 13.0. The standard InChI is InChI=1S/C18H27N3O/c1-20(15-9-4-2-3-5-10-15)18(22)16-11-8-12-19-17(16)21-13-6-7-14-21/h8,11-12,15H,2-7,9-10,13-14H2,1H3. The van der Waals surface area contributed by atoms with Gasteiger partial charge in [-0.05, 0) is 37.8 Å². The van der Waals surface area contributed by atoms with Gasteiger partial charge in [0.2, 0.25) is 0 Å². The molecule has 22 heavy (non-hydrogen) atoms. The molecule has 1 aliphatic heterocycles. The molecule has 1 saturated heterocycles. The van der Waals surface area contributed by atoms with Crippen LogP contribution in [0.3, 0.4) is 0 Å². The number of anilines is 1. The molecule has 4 heteroatoms. The van der Waals surface area contributed by atoms with Crippen LogP contribution in [0.2, 0.25) is 0 Å². The zero-order valence-corrected chi connectivity index (χ0v) is 13.6. The van der Waals surface area contributed by atoms with Crippen molar-refractivity contribution in [3.05, 3.63) is 23.9 Å². The first-order valence-corrected chi connectivity index (χ1v) is 8.74. The third-order valence-electron chi connectivity index (χ3n) is 5.12. The van der Waals surface area contributed by atoms with E-state index in [1.165, 1.54) is 38.5 Å². The minimum Gasteiger partial charge on any atom is -0.356 e. The fraction of sp³-hybridized carbons (Fsp3) is 0.667. The zero-order chi connectivity index (χ0) is 15.4. The molecule has 0 spiro atoms.